The predicted molar refractivity (Wildman–Crippen MR) is 162 cm³/mol. The van der Waals surface area contributed by atoms with Crippen molar-refractivity contribution in [3.63, 3.8) is 0 Å². The number of halogens is 2. The highest BCUT2D eigenvalue weighted by Crippen LogP contribution is 2.45. The van der Waals surface area contributed by atoms with Crippen molar-refractivity contribution in [3.8, 4) is 0 Å². The fraction of sp³-hybridized carbons (Fsp3) is 0.765. The maximum Gasteiger partial charge on any atom is 0.226 e. The summed E-state index contributed by atoms with van der Waals surface area (Å²) < 4.78 is 34.5. The van der Waals surface area contributed by atoms with E-state index in [1.54, 1.807) is 13.0 Å². The van der Waals surface area contributed by atoms with E-state index in [1.165, 1.54) is 6.07 Å². The van der Waals surface area contributed by atoms with Gasteiger partial charge in [0.1, 0.15) is 11.6 Å². The van der Waals surface area contributed by atoms with E-state index in [4.69, 9.17) is 4.74 Å². The first-order valence-corrected chi connectivity index (χ1v) is 16.2. The summed E-state index contributed by atoms with van der Waals surface area (Å²) in [6.45, 7) is 13.2. The van der Waals surface area contributed by atoms with E-state index in [2.05, 4.69) is 45.0 Å². The maximum atomic E-state index is 15.1. The predicted octanol–water partition coefficient (Wildman–Crippen LogP) is 6.14. The van der Waals surface area contributed by atoms with Gasteiger partial charge in [-0.3, -0.25) is 9.59 Å². The molecule has 1 aromatic carbocycles. The number of likely N-dealkylation sites (tertiary alicyclic amines) is 1. The van der Waals surface area contributed by atoms with Gasteiger partial charge >= 0.3 is 0 Å². The van der Waals surface area contributed by atoms with Gasteiger partial charge in [0.2, 0.25) is 11.8 Å². The lowest BCUT2D eigenvalue weighted by atomic mass is 9.74. The van der Waals surface area contributed by atoms with Gasteiger partial charge in [0, 0.05) is 62.8 Å². The summed E-state index contributed by atoms with van der Waals surface area (Å²) in [5.41, 5.74) is 0.185. The number of nitrogens with zero attached hydrogens (tertiary/aromatic N) is 2. The number of ether oxygens (including phenoxy) is 1. The van der Waals surface area contributed by atoms with Gasteiger partial charge in [0.15, 0.2) is 0 Å². The van der Waals surface area contributed by atoms with Gasteiger partial charge in [-0.1, -0.05) is 19.9 Å². The quantitative estimate of drug-likeness (QED) is 0.356. The fourth-order valence-corrected chi connectivity index (χ4v) is 8.21. The topological polar surface area (TPSA) is 61.9 Å². The van der Waals surface area contributed by atoms with Crippen LogP contribution in [0.15, 0.2) is 18.2 Å². The smallest absolute Gasteiger partial charge is 0.226 e. The van der Waals surface area contributed by atoms with Crippen molar-refractivity contribution in [2.24, 2.45) is 23.7 Å². The van der Waals surface area contributed by atoms with Crippen molar-refractivity contribution >= 4 is 11.8 Å². The molecular weight excluding hydrogens is 536 g/mol. The molecule has 4 rings (SSSR count). The van der Waals surface area contributed by atoms with Gasteiger partial charge in [-0.15, -0.1) is 0 Å². The molecule has 42 heavy (non-hydrogen) atoms. The molecule has 4 atom stereocenters. The standard InChI is InChI=1S/C34H53F2N3O3/c1-22(2)17-25(21-34(4,5)37-23(3)40)24-9-13-39(14-10-24)33(41)31-20-28(38(6)27-11-15-42-16-12-27)19-30(31)29-8-7-26(35)18-32(29)36/h7-8,18,22,24-25,27-28,30-31H,9-17,19-21H2,1-6H3,(H,37,40)/t25?,28?,30-,31+/m0/s1. The second kappa shape index (κ2) is 14.1. The van der Waals surface area contributed by atoms with Crippen molar-refractivity contribution in [2.75, 3.05) is 33.4 Å². The second-order valence-corrected chi connectivity index (χ2v) is 14.3. The number of rotatable bonds is 10. The Morgan fingerprint density at radius 2 is 1.74 bits per heavy atom. The van der Waals surface area contributed by atoms with Gasteiger partial charge < -0.3 is 19.9 Å². The first-order chi connectivity index (χ1) is 19.8. The molecule has 0 aromatic heterocycles. The average Bonchev–Trinajstić information content (AvgIpc) is 3.36. The lowest BCUT2D eigenvalue weighted by Gasteiger charge is -2.41. The van der Waals surface area contributed by atoms with E-state index in [1.807, 2.05) is 4.90 Å². The van der Waals surface area contributed by atoms with Crippen LogP contribution in [0.4, 0.5) is 8.78 Å². The summed E-state index contributed by atoms with van der Waals surface area (Å²) in [5, 5.41) is 3.12. The monoisotopic (exact) mass is 589 g/mol. The average molecular weight is 590 g/mol. The normalized spacial score (nSPS) is 25.3. The van der Waals surface area contributed by atoms with Gasteiger partial charge in [-0.05, 0) is 108 Å². The summed E-state index contributed by atoms with van der Waals surface area (Å²) in [4.78, 5) is 30.4. The molecule has 2 heterocycles. The Morgan fingerprint density at radius 3 is 2.33 bits per heavy atom. The Bertz CT molecular complexity index is 1070. The van der Waals surface area contributed by atoms with E-state index >= 15 is 4.39 Å². The molecule has 0 spiro atoms. The number of nitrogens with one attached hydrogen (secondary N) is 1. The third-order valence-electron chi connectivity index (χ3n) is 10.1. The molecule has 8 heteroatoms. The number of benzene rings is 1. The Kier molecular flexibility index (Phi) is 11.1. The molecule has 3 fully saturated rings. The molecule has 1 aliphatic carbocycles. The van der Waals surface area contributed by atoms with Crippen LogP contribution in [0.2, 0.25) is 0 Å². The summed E-state index contributed by atoms with van der Waals surface area (Å²) in [5.74, 6) is -0.111. The zero-order valence-electron chi connectivity index (χ0n) is 26.6. The second-order valence-electron chi connectivity index (χ2n) is 14.3. The van der Waals surface area contributed by atoms with Gasteiger partial charge in [0.05, 0.1) is 0 Å². The van der Waals surface area contributed by atoms with Crippen LogP contribution in [-0.2, 0) is 14.3 Å². The van der Waals surface area contributed by atoms with Crippen LogP contribution in [0.3, 0.4) is 0 Å². The molecule has 1 N–H and O–H groups in total. The number of carbonyl (C=O) groups is 2. The Hall–Kier alpha value is -2.06. The van der Waals surface area contributed by atoms with E-state index in [0.29, 0.717) is 55.3 Å². The van der Waals surface area contributed by atoms with Crippen LogP contribution >= 0.6 is 0 Å². The largest absolute Gasteiger partial charge is 0.381 e. The first kappa shape index (κ1) is 32.8. The van der Waals surface area contributed by atoms with Crippen molar-refractivity contribution in [2.45, 2.75) is 110 Å². The van der Waals surface area contributed by atoms with E-state index in [0.717, 1.165) is 57.8 Å². The minimum absolute atomic E-state index is 0.00630. The van der Waals surface area contributed by atoms with Crippen molar-refractivity contribution < 1.29 is 23.1 Å². The Balaban J connectivity index is 1.47. The fourth-order valence-electron chi connectivity index (χ4n) is 8.21. The number of hydrogen-bond acceptors (Lipinski definition) is 4. The van der Waals surface area contributed by atoms with Crippen LogP contribution in [0.5, 0.6) is 0 Å². The minimum Gasteiger partial charge on any atom is -0.381 e. The molecule has 6 nitrogen and oxygen atoms in total. The number of hydrogen-bond donors (Lipinski definition) is 1. The Labute approximate surface area is 251 Å². The van der Waals surface area contributed by atoms with Crippen LogP contribution in [0.1, 0.15) is 97.5 Å². The van der Waals surface area contributed by atoms with Crippen LogP contribution in [0, 0.1) is 35.3 Å². The molecule has 3 aliphatic rings. The lowest BCUT2D eigenvalue weighted by molar-refractivity contribution is -0.137. The molecule has 2 amide bonds. The molecule has 236 valence electrons. The van der Waals surface area contributed by atoms with Crippen molar-refractivity contribution in [3.05, 3.63) is 35.4 Å². The highest BCUT2D eigenvalue weighted by molar-refractivity contribution is 5.80. The summed E-state index contributed by atoms with van der Waals surface area (Å²) in [6, 6.07) is 4.38. The van der Waals surface area contributed by atoms with Gasteiger partial charge in [-0.25, -0.2) is 8.78 Å². The summed E-state index contributed by atoms with van der Waals surface area (Å²) >= 11 is 0. The lowest BCUT2D eigenvalue weighted by Crippen LogP contribution is -2.47. The SMILES string of the molecule is CC(=O)NC(C)(C)CC(CC(C)C)C1CCN(C(=O)[C@@H]2CC(N(C)C3CCOCC3)C[C@H]2c2ccc(F)cc2F)CC1. The highest BCUT2D eigenvalue weighted by Gasteiger charge is 2.45. The van der Waals surface area contributed by atoms with Gasteiger partial charge in [-0.2, -0.15) is 0 Å². The highest BCUT2D eigenvalue weighted by atomic mass is 19.1. The molecule has 2 unspecified atom stereocenters. The first-order valence-electron chi connectivity index (χ1n) is 16.2. The molecule has 1 saturated carbocycles. The molecule has 2 aliphatic heterocycles. The molecule has 1 aromatic rings. The zero-order valence-corrected chi connectivity index (χ0v) is 26.6. The summed E-state index contributed by atoms with van der Waals surface area (Å²) in [6.07, 6.45) is 7.19. The molecule has 0 bridgehead atoms. The molecule has 0 radical (unpaired) electrons. The maximum absolute atomic E-state index is 15.1. The van der Waals surface area contributed by atoms with E-state index < -0.39 is 11.6 Å². The summed E-state index contributed by atoms with van der Waals surface area (Å²) in [7, 11) is 2.13. The van der Waals surface area contributed by atoms with E-state index in [-0.39, 0.29) is 35.2 Å². The van der Waals surface area contributed by atoms with Crippen molar-refractivity contribution in [1.82, 2.24) is 15.1 Å². The number of amides is 2. The molecule has 2 saturated heterocycles. The van der Waals surface area contributed by atoms with Crippen LogP contribution in [0.25, 0.3) is 0 Å². The zero-order chi connectivity index (χ0) is 30.6. The third kappa shape index (κ3) is 8.31. The van der Waals surface area contributed by atoms with E-state index in [9.17, 15) is 14.0 Å². The van der Waals surface area contributed by atoms with Crippen molar-refractivity contribution in [1.29, 1.82) is 0 Å². The Morgan fingerprint density at radius 1 is 1.07 bits per heavy atom. The van der Waals surface area contributed by atoms with Gasteiger partial charge in [0.25, 0.3) is 0 Å². The van der Waals surface area contributed by atoms with Crippen LogP contribution < -0.4 is 5.32 Å². The number of piperidine rings is 1. The van der Waals surface area contributed by atoms with Crippen LogP contribution in [-0.4, -0.2) is 72.6 Å². The third-order valence-corrected chi connectivity index (χ3v) is 10.1. The minimum atomic E-state index is -0.590. The number of carbonyl (C=O) groups excluding carboxylic acids is 2. The molecular formula is C34H53F2N3O3.